The van der Waals surface area contributed by atoms with Crippen LogP contribution in [0.5, 0.6) is 11.5 Å². The third-order valence-electron chi connectivity index (χ3n) is 3.60. The number of hydrogen-bond acceptors (Lipinski definition) is 6. The van der Waals surface area contributed by atoms with Crippen LogP contribution in [-0.2, 0) is 11.3 Å². The van der Waals surface area contributed by atoms with Crippen molar-refractivity contribution in [2.45, 2.75) is 44.2 Å². The van der Waals surface area contributed by atoms with E-state index in [0.717, 1.165) is 25.8 Å². The summed E-state index contributed by atoms with van der Waals surface area (Å²) in [5.74, 6) is -0.348. The second kappa shape index (κ2) is 7.90. The summed E-state index contributed by atoms with van der Waals surface area (Å²) >= 11 is 1.27. The molecule has 0 saturated heterocycles. The molecule has 1 amide bonds. The molecule has 0 radical (unpaired) electrons. The van der Waals surface area contributed by atoms with Crippen molar-refractivity contribution in [1.29, 1.82) is 0 Å². The van der Waals surface area contributed by atoms with Gasteiger partial charge < -0.3 is 19.4 Å². The molecular weight excluding hydrogens is 366 g/mol. The molecule has 0 bridgehead atoms. The number of carbonyl (C=O) groups is 1. The maximum absolute atomic E-state index is 13.0. The molecule has 1 aromatic carbocycles. The molecule has 1 aliphatic heterocycles. The van der Waals surface area contributed by atoms with E-state index in [-0.39, 0.29) is 23.2 Å². The molecule has 0 spiro atoms. The van der Waals surface area contributed by atoms with Gasteiger partial charge in [-0.25, -0.2) is 0 Å². The summed E-state index contributed by atoms with van der Waals surface area (Å²) < 4.78 is 36.6. The van der Waals surface area contributed by atoms with E-state index >= 15 is 0 Å². The third kappa shape index (κ3) is 4.63. The Morgan fingerprint density at radius 1 is 1.31 bits per heavy atom. The number of hydrogen-bond donors (Lipinski definition) is 1. The highest BCUT2D eigenvalue weighted by atomic mass is 32.2. The fourth-order valence-electron chi connectivity index (χ4n) is 2.40. The molecular formula is C16H18F2N4O3S. The smallest absolute Gasteiger partial charge is 0.395 e. The van der Waals surface area contributed by atoms with Crippen molar-refractivity contribution in [3.63, 3.8) is 0 Å². The highest BCUT2D eigenvalue weighted by molar-refractivity contribution is 7.99. The number of thioether (sulfide) groups is 1. The Balaban J connectivity index is 1.52. The first-order valence-electron chi connectivity index (χ1n) is 8.17. The van der Waals surface area contributed by atoms with E-state index < -0.39 is 6.29 Å². The average molecular weight is 384 g/mol. The van der Waals surface area contributed by atoms with Crippen LogP contribution in [0, 0.1) is 0 Å². The number of ether oxygens (including phenoxy) is 2. The predicted molar refractivity (Wildman–Crippen MR) is 91.5 cm³/mol. The van der Waals surface area contributed by atoms with Crippen molar-refractivity contribution < 1.29 is 23.0 Å². The highest BCUT2D eigenvalue weighted by Gasteiger charge is 2.43. The second-order valence-corrected chi connectivity index (χ2v) is 6.62. The number of unbranched alkanes of at least 4 members (excludes halogenated alkanes) is 2. The number of alkyl halides is 2. The monoisotopic (exact) mass is 384 g/mol. The Morgan fingerprint density at radius 2 is 2.12 bits per heavy atom. The van der Waals surface area contributed by atoms with E-state index in [0.29, 0.717) is 10.8 Å². The van der Waals surface area contributed by atoms with Gasteiger partial charge in [0.25, 0.3) is 0 Å². The normalized spacial score (nSPS) is 14.4. The van der Waals surface area contributed by atoms with Crippen LogP contribution in [0.3, 0.4) is 0 Å². The lowest BCUT2D eigenvalue weighted by molar-refractivity contribution is -0.286. The summed E-state index contributed by atoms with van der Waals surface area (Å²) in [5.41, 5.74) is 0.347. The summed E-state index contributed by atoms with van der Waals surface area (Å²) in [5, 5.41) is 11.2. The number of aromatic nitrogens is 3. The zero-order valence-corrected chi connectivity index (χ0v) is 14.9. The van der Waals surface area contributed by atoms with Crippen LogP contribution in [0.1, 0.15) is 26.2 Å². The number of carbonyl (C=O) groups excluding carboxylic acids is 1. The largest absolute Gasteiger partial charge is 0.586 e. The fraction of sp³-hybridized carbons (Fsp3) is 0.438. The van der Waals surface area contributed by atoms with Gasteiger partial charge in [-0.3, -0.25) is 4.79 Å². The minimum absolute atomic E-state index is 0.0671. The van der Waals surface area contributed by atoms with Crippen LogP contribution in [0.4, 0.5) is 14.5 Å². The summed E-state index contributed by atoms with van der Waals surface area (Å²) in [6.45, 7) is 2.94. The van der Waals surface area contributed by atoms with Gasteiger partial charge in [0, 0.05) is 18.3 Å². The van der Waals surface area contributed by atoms with Gasteiger partial charge in [-0.2, -0.15) is 0 Å². The molecule has 2 heterocycles. The molecule has 10 heteroatoms. The standard InChI is InChI=1S/C16H18F2N4O3S/c1-2-3-4-7-22-10-19-21-15(22)26-9-14(23)20-11-5-6-12-13(8-11)25-16(17,18)24-12/h5-6,8,10H,2-4,7,9H2,1H3,(H,20,23). The van der Waals surface area contributed by atoms with E-state index in [2.05, 4.69) is 31.9 Å². The number of nitrogens with one attached hydrogen (secondary N) is 1. The van der Waals surface area contributed by atoms with Gasteiger partial charge in [0.1, 0.15) is 6.33 Å². The fourth-order valence-corrected chi connectivity index (χ4v) is 3.14. The SMILES string of the molecule is CCCCCn1cnnc1SCC(=O)Nc1ccc2c(c1)OC(F)(F)O2. The lowest BCUT2D eigenvalue weighted by Gasteiger charge is -2.07. The first kappa shape index (κ1) is 18.4. The number of rotatable bonds is 8. The molecule has 7 nitrogen and oxygen atoms in total. The van der Waals surface area contributed by atoms with Gasteiger partial charge in [-0.05, 0) is 18.6 Å². The lowest BCUT2D eigenvalue weighted by atomic mass is 10.2. The molecule has 1 N–H and O–H groups in total. The second-order valence-electron chi connectivity index (χ2n) is 5.68. The summed E-state index contributed by atoms with van der Waals surface area (Å²) in [6.07, 6.45) is 1.23. The van der Waals surface area contributed by atoms with Crippen LogP contribution in [0.15, 0.2) is 29.7 Å². The number of fused-ring (bicyclic) bond motifs is 1. The zero-order chi connectivity index (χ0) is 18.6. The number of halogens is 2. The van der Waals surface area contributed by atoms with Gasteiger partial charge >= 0.3 is 6.29 Å². The minimum Gasteiger partial charge on any atom is -0.395 e. The van der Waals surface area contributed by atoms with Crippen molar-refractivity contribution in [1.82, 2.24) is 14.8 Å². The number of nitrogens with zero attached hydrogens (tertiary/aromatic N) is 3. The number of benzene rings is 1. The lowest BCUT2D eigenvalue weighted by Crippen LogP contribution is -2.25. The minimum atomic E-state index is -3.68. The Kier molecular flexibility index (Phi) is 5.60. The van der Waals surface area contributed by atoms with Crippen LogP contribution >= 0.6 is 11.8 Å². The van der Waals surface area contributed by atoms with E-state index in [1.165, 1.54) is 30.0 Å². The summed E-state index contributed by atoms with van der Waals surface area (Å²) in [4.78, 5) is 12.1. The van der Waals surface area contributed by atoms with Crippen molar-refractivity contribution in [2.24, 2.45) is 0 Å². The summed E-state index contributed by atoms with van der Waals surface area (Å²) in [7, 11) is 0. The average Bonchev–Trinajstić information content (AvgIpc) is 3.15. The zero-order valence-electron chi connectivity index (χ0n) is 14.1. The first-order valence-corrected chi connectivity index (χ1v) is 9.16. The molecule has 0 atom stereocenters. The van der Waals surface area contributed by atoms with Crippen LogP contribution < -0.4 is 14.8 Å². The summed E-state index contributed by atoms with van der Waals surface area (Å²) in [6, 6.07) is 4.09. The van der Waals surface area contributed by atoms with E-state index in [1.54, 1.807) is 6.33 Å². The van der Waals surface area contributed by atoms with Crippen molar-refractivity contribution in [3.8, 4) is 11.5 Å². The van der Waals surface area contributed by atoms with Crippen molar-refractivity contribution in [3.05, 3.63) is 24.5 Å². The molecule has 3 rings (SSSR count). The Bertz CT molecular complexity index is 785. The van der Waals surface area contributed by atoms with E-state index in [1.807, 2.05) is 4.57 Å². The number of amides is 1. The van der Waals surface area contributed by atoms with Crippen LogP contribution in [0.2, 0.25) is 0 Å². The van der Waals surface area contributed by atoms with Crippen LogP contribution in [0.25, 0.3) is 0 Å². The molecule has 2 aromatic rings. The molecule has 0 fully saturated rings. The topological polar surface area (TPSA) is 78.3 Å². The first-order chi connectivity index (χ1) is 12.5. The molecule has 26 heavy (non-hydrogen) atoms. The quantitative estimate of drug-likeness (QED) is 0.554. The van der Waals surface area contributed by atoms with Gasteiger partial charge in [0.2, 0.25) is 5.91 Å². The Hall–Kier alpha value is -2.36. The molecule has 0 saturated carbocycles. The van der Waals surface area contributed by atoms with Crippen molar-refractivity contribution >= 4 is 23.4 Å². The van der Waals surface area contributed by atoms with E-state index in [4.69, 9.17) is 0 Å². The number of anilines is 1. The Labute approximate surface area is 153 Å². The molecule has 1 aromatic heterocycles. The maximum atomic E-state index is 13.0. The molecule has 0 aliphatic carbocycles. The van der Waals surface area contributed by atoms with Crippen LogP contribution in [-0.4, -0.2) is 32.7 Å². The predicted octanol–water partition coefficient (Wildman–Crippen LogP) is 3.52. The molecule has 1 aliphatic rings. The van der Waals surface area contributed by atoms with Gasteiger partial charge in [-0.15, -0.1) is 19.0 Å². The van der Waals surface area contributed by atoms with Crippen molar-refractivity contribution in [2.75, 3.05) is 11.1 Å². The van der Waals surface area contributed by atoms with Gasteiger partial charge in [-0.1, -0.05) is 31.5 Å². The van der Waals surface area contributed by atoms with Gasteiger partial charge in [0.15, 0.2) is 16.7 Å². The molecule has 0 unspecified atom stereocenters. The highest BCUT2D eigenvalue weighted by Crippen LogP contribution is 2.42. The maximum Gasteiger partial charge on any atom is 0.586 e. The Morgan fingerprint density at radius 3 is 2.92 bits per heavy atom. The third-order valence-corrected chi connectivity index (χ3v) is 4.58. The van der Waals surface area contributed by atoms with E-state index in [9.17, 15) is 13.6 Å². The number of aryl methyl sites for hydroxylation is 1. The van der Waals surface area contributed by atoms with Gasteiger partial charge in [0.05, 0.1) is 5.75 Å². The molecule has 140 valence electrons.